The number of rotatable bonds is 3. The number of aromatic nitrogens is 2. The second kappa shape index (κ2) is 4.91. The van der Waals surface area contributed by atoms with E-state index in [0.717, 1.165) is 10.2 Å². The topological polar surface area (TPSA) is 29.9 Å². The van der Waals surface area contributed by atoms with E-state index in [1.54, 1.807) is 13.8 Å². The molecule has 1 aromatic heterocycles. The van der Waals surface area contributed by atoms with E-state index in [1.807, 2.05) is 20.8 Å². The summed E-state index contributed by atoms with van der Waals surface area (Å²) in [6.45, 7) is 8.94. The molecule has 0 spiro atoms. The third-order valence-corrected chi connectivity index (χ3v) is 2.66. The Morgan fingerprint density at radius 2 is 1.72 bits per heavy atom. The molecular formula is C12H20F3N3. The van der Waals surface area contributed by atoms with Crippen molar-refractivity contribution < 1.29 is 13.2 Å². The summed E-state index contributed by atoms with van der Waals surface area (Å²) in [4.78, 5) is 0. The van der Waals surface area contributed by atoms with Gasteiger partial charge in [-0.15, -0.1) is 0 Å². The Bertz CT molecular complexity index is 413. The van der Waals surface area contributed by atoms with Gasteiger partial charge in [0.05, 0.1) is 5.69 Å². The largest absolute Gasteiger partial charge is 0.408 e. The van der Waals surface area contributed by atoms with Crippen LogP contribution in [-0.2, 0) is 13.1 Å². The van der Waals surface area contributed by atoms with Crippen LogP contribution in [0.4, 0.5) is 13.2 Å². The van der Waals surface area contributed by atoms with Crippen LogP contribution in [-0.4, -0.2) is 21.5 Å². The lowest BCUT2D eigenvalue weighted by Crippen LogP contribution is -2.35. The van der Waals surface area contributed by atoms with Crippen molar-refractivity contribution in [2.75, 3.05) is 0 Å². The molecule has 6 heteroatoms. The minimum absolute atomic E-state index is 0.0784. The molecule has 0 bridgehead atoms. The van der Waals surface area contributed by atoms with Gasteiger partial charge in [-0.3, -0.25) is 4.68 Å². The lowest BCUT2D eigenvalue weighted by molar-refractivity contribution is -0.142. The average Bonchev–Trinajstić information content (AvgIpc) is 2.35. The minimum Gasteiger partial charge on any atom is -0.308 e. The third kappa shape index (κ3) is 4.33. The molecule has 0 saturated heterocycles. The summed E-state index contributed by atoms with van der Waals surface area (Å²) in [5.74, 6) is 0. The summed E-state index contributed by atoms with van der Waals surface area (Å²) in [6.07, 6.45) is -4.24. The van der Waals surface area contributed by atoms with Gasteiger partial charge in [-0.2, -0.15) is 18.3 Å². The molecule has 1 heterocycles. The smallest absolute Gasteiger partial charge is 0.308 e. The molecule has 0 unspecified atom stereocenters. The first-order valence-corrected chi connectivity index (χ1v) is 5.84. The van der Waals surface area contributed by atoms with E-state index in [1.165, 1.54) is 0 Å². The number of nitrogens with zero attached hydrogens (tertiary/aromatic N) is 2. The second-order valence-electron chi connectivity index (χ2n) is 5.53. The molecule has 0 amide bonds. The first-order valence-electron chi connectivity index (χ1n) is 5.84. The maximum absolute atomic E-state index is 12.4. The lowest BCUT2D eigenvalue weighted by atomic mass is 10.1. The molecule has 104 valence electrons. The van der Waals surface area contributed by atoms with E-state index in [2.05, 4.69) is 10.4 Å². The molecule has 1 N–H and O–H groups in total. The van der Waals surface area contributed by atoms with Crippen LogP contribution in [0.3, 0.4) is 0 Å². The van der Waals surface area contributed by atoms with Crippen LogP contribution in [0.1, 0.15) is 37.7 Å². The fourth-order valence-electron chi connectivity index (χ4n) is 1.67. The molecule has 0 aliphatic rings. The summed E-state index contributed by atoms with van der Waals surface area (Å²) in [6, 6.07) is 0. The molecule has 0 aliphatic heterocycles. The Kier molecular flexibility index (Phi) is 4.10. The fourth-order valence-corrected chi connectivity index (χ4v) is 1.67. The van der Waals surface area contributed by atoms with Gasteiger partial charge in [0.25, 0.3) is 0 Å². The molecular weight excluding hydrogens is 243 g/mol. The number of aryl methyl sites for hydroxylation is 1. The summed E-state index contributed by atoms with van der Waals surface area (Å²) in [7, 11) is 0. The van der Waals surface area contributed by atoms with E-state index in [-0.39, 0.29) is 5.54 Å². The van der Waals surface area contributed by atoms with E-state index < -0.39 is 12.7 Å². The molecule has 0 aromatic carbocycles. The molecule has 0 atom stereocenters. The summed E-state index contributed by atoms with van der Waals surface area (Å²) in [5, 5.41) is 7.21. The highest BCUT2D eigenvalue weighted by Gasteiger charge is 2.30. The zero-order valence-corrected chi connectivity index (χ0v) is 11.4. The van der Waals surface area contributed by atoms with Gasteiger partial charge in [-0.1, -0.05) is 0 Å². The maximum Gasteiger partial charge on any atom is 0.408 e. The third-order valence-electron chi connectivity index (χ3n) is 2.66. The zero-order chi connectivity index (χ0) is 14.1. The van der Waals surface area contributed by atoms with Crippen molar-refractivity contribution in [3.8, 4) is 0 Å². The van der Waals surface area contributed by atoms with Crippen LogP contribution in [0.5, 0.6) is 0 Å². The normalized spacial score (nSPS) is 13.1. The van der Waals surface area contributed by atoms with Crippen molar-refractivity contribution in [1.29, 1.82) is 0 Å². The van der Waals surface area contributed by atoms with Crippen LogP contribution in [0.25, 0.3) is 0 Å². The van der Waals surface area contributed by atoms with E-state index >= 15 is 0 Å². The first-order chi connectivity index (χ1) is 7.99. The van der Waals surface area contributed by atoms with E-state index in [4.69, 9.17) is 0 Å². The second-order valence-corrected chi connectivity index (χ2v) is 5.53. The quantitative estimate of drug-likeness (QED) is 0.908. The molecule has 1 rings (SSSR count). The molecule has 3 nitrogen and oxygen atoms in total. The highest BCUT2D eigenvalue weighted by atomic mass is 19.4. The first kappa shape index (κ1) is 15.0. The molecule has 0 saturated carbocycles. The Morgan fingerprint density at radius 3 is 2.17 bits per heavy atom. The van der Waals surface area contributed by atoms with Crippen LogP contribution >= 0.6 is 0 Å². The van der Waals surface area contributed by atoms with Gasteiger partial charge in [0.15, 0.2) is 0 Å². The van der Waals surface area contributed by atoms with Crippen molar-refractivity contribution in [2.24, 2.45) is 0 Å². The molecule has 0 fully saturated rings. The van der Waals surface area contributed by atoms with Crippen molar-refractivity contribution in [2.45, 2.75) is 59.4 Å². The van der Waals surface area contributed by atoms with Crippen molar-refractivity contribution in [3.63, 3.8) is 0 Å². The predicted octanol–water partition coefficient (Wildman–Crippen LogP) is 2.95. The van der Waals surface area contributed by atoms with Gasteiger partial charge in [0.1, 0.15) is 6.54 Å². The number of alkyl halides is 3. The average molecular weight is 263 g/mol. The monoisotopic (exact) mass is 263 g/mol. The zero-order valence-electron chi connectivity index (χ0n) is 11.4. The van der Waals surface area contributed by atoms with Crippen molar-refractivity contribution in [3.05, 3.63) is 17.0 Å². The summed E-state index contributed by atoms with van der Waals surface area (Å²) in [5.41, 5.74) is 1.98. The van der Waals surface area contributed by atoms with Crippen LogP contribution in [0.2, 0.25) is 0 Å². The van der Waals surface area contributed by atoms with Crippen LogP contribution in [0.15, 0.2) is 0 Å². The predicted molar refractivity (Wildman–Crippen MR) is 64.3 cm³/mol. The number of nitrogens with one attached hydrogen (secondary N) is 1. The standard InChI is InChI=1S/C12H20F3N3/c1-8-10(6-16-11(3,4)5)9(2)18(17-8)7-12(13,14)15/h16H,6-7H2,1-5H3. The summed E-state index contributed by atoms with van der Waals surface area (Å²) >= 11 is 0. The fraction of sp³-hybridized carbons (Fsp3) is 0.750. The number of halogens is 3. The number of hydrogen-bond acceptors (Lipinski definition) is 2. The Labute approximate surface area is 105 Å². The highest BCUT2D eigenvalue weighted by Crippen LogP contribution is 2.21. The molecule has 18 heavy (non-hydrogen) atoms. The molecule has 0 radical (unpaired) electrons. The van der Waals surface area contributed by atoms with Crippen LogP contribution in [0, 0.1) is 13.8 Å². The molecule has 0 aliphatic carbocycles. The van der Waals surface area contributed by atoms with Gasteiger partial charge >= 0.3 is 6.18 Å². The van der Waals surface area contributed by atoms with E-state index in [0.29, 0.717) is 17.9 Å². The Morgan fingerprint density at radius 1 is 1.17 bits per heavy atom. The van der Waals surface area contributed by atoms with Crippen molar-refractivity contribution in [1.82, 2.24) is 15.1 Å². The Hall–Kier alpha value is -1.04. The van der Waals surface area contributed by atoms with Crippen molar-refractivity contribution >= 4 is 0 Å². The Balaban J connectivity index is 2.88. The number of hydrogen-bond donors (Lipinski definition) is 1. The van der Waals surface area contributed by atoms with Gasteiger partial charge in [0, 0.05) is 23.3 Å². The SMILES string of the molecule is Cc1nn(CC(F)(F)F)c(C)c1CNC(C)(C)C. The van der Waals surface area contributed by atoms with Gasteiger partial charge in [-0.05, 0) is 34.6 Å². The van der Waals surface area contributed by atoms with Crippen LogP contribution < -0.4 is 5.32 Å². The van der Waals surface area contributed by atoms with Gasteiger partial charge in [0.2, 0.25) is 0 Å². The summed E-state index contributed by atoms with van der Waals surface area (Å²) < 4.78 is 38.1. The molecule has 1 aromatic rings. The van der Waals surface area contributed by atoms with Gasteiger partial charge in [-0.25, -0.2) is 0 Å². The highest BCUT2D eigenvalue weighted by molar-refractivity contribution is 5.24. The lowest BCUT2D eigenvalue weighted by Gasteiger charge is -2.20. The minimum atomic E-state index is -4.24. The maximum atomic E-state index is 12.4. The van der Waals surface area contributed by atoms with E-state index in [9.17, 15) is 13.2 Å². The van der Waals surface area contributed by atoms with Gasteiger partial charge < -0.3 is 5.32 Å².